The number of carbonyl (C=O) groups is 4. The molecule has 79 heavy (non-hydrogen) atoms. The van der Waals surface area contributed by atoms with Gasteiger partial charge in [0.05, 0.1) is 56.5 Å². The summed E-state index contributed by atoms with van der Waals surface area (Å²) in [5, 5.41) is 18.6. The van der Waals surface area contributed by atoms with Gasteiger partial charge in [0.15, 0.2) is 0 Å². The van der Waals surface area contributed by atoms with Crippen LogP contribution < -0.4 is 26.3 Å². The first-order valence-corrected chi connectivity index (χ1v) is 24.9. The molecule has 1 aromatic heterocycles. The lowest BCUT2D eigenvalue weighted by Gasteiger charge is -2.42. The van der Waals surface area contributed by atoms with Gasteiger partial charge in [-0.25, -0.2) is 32.8 Å². The summed E-state index contributed by atoms with van der Waals surface area (Å²) in [5.41, 5.74) is -3.62. The summed E-state index contributed by atoms with van der Waals surface area (Å²) in [6.45, 7) is 3.48. The number of carbonyl (C=O) groups excluding carboxylic acids is 4. The van der Waals surface area contributed by atoms with Crippen molar-refractivity contribution >= 4 is 29.8 Å². The van der Waals surface area contributed by atoms with Crippen molar-refractivity contribution in [1.82, 2.24) is 36.3 Å². The molecule has 25 heteroatoms. The first-order chi connectivity index (χ1) is 37.1. The Morgan fingerprint density at radius 3 is 1.84 bits per heavy atom. The van der Waals surface area contributed by atoms with E-state index in [0.717, 1.165) is 77.0 Å². The van der Waals surface area contributed by atoms with E-state index in [1.165, 1.54) is 24.3 Å². The topological polar surface area (TPSA) is 187 Å². The Kier molecular flexibility index (Phi) is 18.1. The highest BCUT2D eigenvalue weighted by Crippen LogP contribution is 2.42. The molecule has 0 unspecified atom stereocenters. The number of nitrogens with zero attached hydrogens (tertiary/aromatic N) is 4. The number of aliphatic hydroxyl groups is 1. The normalized spacial score (nSPS) is 18.4. The lowest BCUT2D eigenvalue weighted by Crippen LogP contribution is -2.63. The molecule has 5 N–H and O–H groups in total. The minimum Gasteiger partial charge on any atom is -0.453 e. The quantitative estimate of drug-likeness (QED) is 0.0401. The summed E-state index contributed by atoms with van der Waals surface area (Å²) in [5.74, 6) is 0.345. The Bertz CT molecular complexity index is 2890. The van der Waals surface area contributed by atoms with Crippen molar-refractivity contribution < 1.29 is 78.0 Å². The molecule has 2 bridgehead atoms. The van der Waals surface area contributed by atoms with Crippen LogP contribution in [0.2, 0.25) is 0 Å². The maximum absolute atomic E-state index is 16.1. The highest BCUT2D eigenvalue weighted by atomic mass is 19.4. The highest BCUT2D eigenvalue weighted by Gasteiger charge is 2.57. The average molecular weight is 1120 g/mol. The van der Waals surface area contributed by atoms with E-state index in [1.54, 1.807) is 23.6 Å². The minimum atomic E-state index is -5.20. The maximum Gasteiger partial charge on any atom is 0.407 e. The Morgan fingerprint density at radius 1 is 0.747 bits per heavy atom. The smallest absolute Gasteiger partial charge is 0.407 e. The molecule has 3 aliphatic heterocycles. The molecule has 3 aromatic carbocycles. The van der Waals surface area contributed by atoms with Gasteiger partial charge in [0.1, 0.15) is 35.4 Å². The Hall–Kier alpha value is -7.14. The number of hydrogen-bond acceptors (Lipinski definition) is 12. The van der Waals surface area contributed by atoms with Crippen LogP contribution in [-0.2, 0) is 36.8 Å². The van der Waals surface area contributed by atoms with Crippen LogP contribution in [0.4, 0.5) is 54.9 Å². The Morgan fingerprint density at radius 2 is 1.33 bits per heavy atom. The van der Waals surface area contributed by atoms with Gasteiger partial charge >= 0.3 is 24.5 Å². The lowest BCUT2D eigenvalue weighted by molar-refractivity contribution is -0.221. The molecule has 0 radical (unpaired) electrons. The zero-order valence-corrected chi connectivity index (χ0v) is 43.7. The van der Waals surface area contributed by atoms with E-state index in [-0.39, 0.29) is 11.1 Å². The second-order valence-electron chi connectivity index (χ2n) is 20.7. The molecule has 0 saturated carbocycles. The lowest BCUT2D eigenvalue weighted by atomic mass is 9.82. The second kappa shape index (κ2) is 24.1. The molecule has 4 heterocycles. The van der Waals surface area contributed by atoms with Gasteiger partial charge in [-0.1, -0.05) is 36.1 Å². The van der Waals surface area contributed by atoms with Crippen LogP contribution in [0, 0.1) is 40.1 Å². The zero-order valence-electron chi connectivity index (χ0n) is 43.7. The number of rotatable bonds is 18. The van der Waals surface area contributed by atoms with Crippen molar-refractivity contribution in [2.45, 2.75) is 102 Å². The number of piperazine rings is 1. The minimum absolute atomic E-state index is 0.0437. The van der Waals surface area contributed by atoms with Gasteiger partial charge in [0.2, 0.25) is 5.91 Å². The van der Waals surface area contributed by atoms with Crippen LogP contribution in [0.1, 0.15) is 56.4 Å². The molecule has 3 fully saturated rings. The number of hydrogen-bond donors (Lipinski definition) is 5. The van der Waals surface area contributed by atoms with Crippen LogP contribution >= 0.6 is 0 Å². The van der Waals surface area contributed by atoms with E-state index in [9.17, 15) is 55.0 Å². The monoisotopic (exact) mass is 1120 g/mol. The second-order valence-corrected chi connectivity index (χ2v) is 20.7. The van der Waals surface area contributed by atoms with E-state index in [0.29, 0.717) is 67.5 Å². The van der Waals surface area contributed by atoms with Gasteiger partial charge in [0.25, 0.3) is 5.91 Å². The van der Waals surface area contributed by atoms with Gasteiger partial charge in [0, 0.05) is 61.1 Å². The van der Waals surface area contributed by atoms with Crippen molar-refractivity contribution in [3.63, 3.8) is 0 Å². The largest absolute Gasteiger partial charge is 0.453 e. The molecule has 426 valence electrons. The molecule has 4 amide bonds. The first-order valence-electron chi connectivity index (χ1n) is 24.9. The third kappa shape index (κ3) is 13.8. The van der Waals surface area contributed by atoms with Crippen LogP contribution in [0.25, 0.3) is 11.1 Å². The molecule has 16 nitrogen and oxygen atoms in total. The standard InChI is InChI=1S/C54H59F9N8O8/c1-51(2,53(58,59)60)45(66-49(75)77-5)47(73)65-42(18-31-13-10-30(11-14-31)12-15-32-16-17-44(64-23-32)71-25-36-22-37(71)24-70(36)38-28-79-29-38)43(72)27-69(68-48(74)46(67-50(76)78-6)52(3,4)54(61,62)63)26-39-40(56)20-34(21-41(39)57)33-8-7-9-35(55)19-33/h7-11,13-14,16-17,19-21,23,36-38,42-43,45-46,72H,18,22,24-29H2,1-6H3,(H,65,73)(H,66,75)(H,67,76)(H,68,74)/t36-,37-,42+,43+,45-,46-/m1/s1. The number of methoxy groups -OCH3 is 2. The van der Waals surface area contributed by atoms with Crippen LogP contribution in [-0.4, -0.2) is 146 Å². The highest BCUT2D eigenvalue weighted by molar-refractivity contribution is 5.87. The Balaban J connectivity index is 1.18. The third-order valence-electron chi connectivity index (χ3n) is 14.6. The van der Waals surface area contributed by atoms with Gasteiger partial charge in [-0.15, -0.1) is 0 Å². The molecular weight excluding hydrogens is 1060 g/mol. The summed E-state index contributed by atoms with van der Waals surface area (Å²) in [4.78, 5) is 62.3. The number of alkyl halides is 6. The number of aromatic nitrogens is 1. The number of benzene rings is 3. The number of fused-ring (bicyclic) bond motifs is 2. The summed E-state index contributed by atoms with van der Waals surface area (Å²) < 4.78 is 148. The molecule has 3 aliphatic rings. The molecule has 7 rings (SSSR count). The van der Waals surface area contributed by atoms with E-state index in [2.05, 4.69) is 46.8 Å². The average Bonchev–Trinajstić information content (AvgIpc) is 4.18. The predicted octanol–water partition coefficient (Wildman–Crippen LogP) is 6.78. The summed E-state index contributed by atoms with van der Waals surface area (Å²) in [6.07, 6.45) is -13.2. The van der Waals surface area contributed by atoms with E-state index < -0.39 is 114 Å². The fourth-order valence-corrected chi connectivity index (χ4v) is 9.47. The summed E-state index contributed by atoms with van der Waals surface area (Å²) >= 11 is 0. The van der Waals surface area contributed by atoms with Crippen LogP contribution in [0.3, 0.4) is 0 Å². The van der Waals surface area contributed by atoms with Crippen molar-refractivity contribution in [1.29, 1.82) is 0 Å². The number of ether oxygens (including phenoxy) is 3. The fourth-order valence-electron chi connectivity index (χ4n) is 9.47. The number of hydrazine groups is 1. The molecule has 4 aromatic rings. The Labute approximate surface area is 449 Å². The SMILES string of the molecule is COC(=O)N[C@H](C(=O)N[C@@H](Cc1ccc(C#Cc2ccc(N3C[C@H]4C[C@@H]3CN4C3COC3)nc2)cc1)[C@@H](O)CN(Cc1c(F)cc(-c2cccc(F)c2)cc1F)NC(=O)[C@@H](NC(=O)OC)C(C)(C)C(F)(F)F)C(C)(C)C(F)(F)F. The van der Waals surface area contributed by atoms with Crippen molar-refractivity contribution in [3.8, 4) is 23.0 Å². The van der Waals surface area contributed by atoms with Crippen molar-refractivity contribution in [3.05, 3.63) is 119 Å². The fraction of sp³-hybridized carbons (Fsp3) is 0.463. The predicted molar refractivity (Wildman–Crippen MR) is 268 cm³/mol. The molecule has 3 saturated heterocycles. The van der Waals surface area contributed by atoms with Crippen LogP contribution in [0.5, 0.6) is 0 Å². The number of aliphatic hydroxyl groups excluding tert-OH is 1. The number of pyridine rings is 1. The van der Waals surface area contributed by atoms with E-state index in [1.807, 2.05) is 17.4 Å². The zero-order chi connectivity index (χ0) is 57.8. The van der Waals surface area contributed by atoms with Crippen molar-refractivity contribution in [2.75, 3.05) is 52.0 Å². The number of alkyl carbamates (subject to hydrolysis) is 2. The number of halogens is 9. The van der Waals surface area contributed by atoms with E-state index >= 15 is 8.78 Å². The van der Waals surface area contributed by atoms with Gasteiger partial charge in [-0.05, 0) is 106 Å². The third-order valence-corrected chi connectivity index (χ3v) is 14.6. The molecule has 6 atom stereocenters. The number of nitrogens with one attached hydrogen (secondary N) is 4. The summed E-state index contributed by atoms with van der Waals surface area (Å²) in [7, 11) is 1.64. The first kappa shape index (κ1) is 59.5. The van der Waals surface area contributed by atoms with Gasteiger partial charge in [-0.2, -0.15) is 26.3 Å². The van der Waals surface area contributed by atoms with Gasteiger partial charge < -0.3 is 40.2 Å². The summed E-state index contributed by atoms with van der Waals surface area (Å²) in [6, 6.07) is 10.7. The van der Waals surface area contributed by atoms with Crippen LogP contribution in [0.15, 0.2) is 79.0 Å². The molecule has 0 aliphatic carbocycles. The van der Waals surface area contributed by atoms with Crippen molar-refractivity contribution in [2.24, 2.45) is 10.8 Å². The number of anilines is 1. The van der Waals surface area contributed by atoms with E-state index in [4.69, 9.17) is 4.74 Å². The van der Waals surface area contributed by atoms with Gasteiger partial charge in [-0.3, -0.25) is 19.9 Å². The molecular formula is C54H59F9N8O8. The maximum atomic E-state index is 16.1. The number of amides is 4. The molecule has 0 spiro atoms. The number of likely N-dealkylation sites (tertiary alicyclic amines) is 1.